The zero-order valence-electron chi connectivity index (χ0n) is 13.9. The van der Waals surface area contributed by atoms with Crippen LogP contribution in [0.5, 0.6) is 23.0 Å². The number of amides is 1. The van der Waals surface area contributed by atoms with Gasteiger partial charge in [-0.3, -0.25) is 4.79 Å². The van der Waals surface area contributed by atoms with Crippen molar-refractivity contribution in [1.29, 1.82) is 0 Å². The molecular weight excluding hydrogens is 310 g/mol. The molecule has 0 aromatic heterocycles. The van der Waals surface area contributed by atoms with Crippen LogP contribution in [0, 0.1) is 0 Å². The zero-order valence-corrected chi connectivity index (χ0v) is 13.9. The number of phenolic OH excluding ortho intramolecular Hbond substituents is 2. The SMILES string of the molecule is COc1ccc(CN(Cc2ccc(O)c(OC)c2)C(C)=O)cc1O. The van der Waals surface area contributed by atoms with Crippen molar-refractivity contribution >= 4 is 5.91 Å². The van der Waals surface area contributed by atoms with Crippen LogP contribution in [0.4, 0.5) is 0 Å². The van der Waals surface area contributed by atoms with E-state index in [1.165, 1.54) is 27.2 Å². The van der Waals surface area contributed by atoms with Crippen molar-refractivity contribution < 1.29 is 24.5 Å². The van der Waals surface area contributed by atoms with Crippen LogP contribution in [0.1, 0.15) is 18.1 Å². The van der Waals surface area contributed by atoms with Gasteiger partial charge in [-0.1, -0.05) is 12.1 Å². The lowest BCUT2D eigenvalue weighted by Crippen LogP contribution is -2.27. The Balaban J connectivity index is 2.18. The summed E-state index contributed by atoms with van der Waals surface area (Å²) in [6, 6.07) is 9.99. The van der Waals surface area contributed by atoms with E-state index >= 15 is 0 Å². The summed E-state index contributed by atoms with van der Waals surface area (Å²) >= 11 is 0. The third kappa shape index (κ3) is 4.10. The highest BCUT2D eigenvalue weighted by Gasteiger charge is 2.13. The lowest BCUT2D eigenvalue weighted by Gasteiger charge is -2.22. The van der Waals surface area contributed by atoms with Crippen molar-refractivity contribution in [3.05, 3.63) is 47.5 Å². The third-order valence-corrected chi connectivity index (χ3v) is 3.68. The quantitative estimate of drug-likeness (QED) is 0.851. The molecule has 0 aliphatic heterocycles. The molecule has 0 aliphatic rings. The first kappa shape index (κ1) is 17.5. The Bertz CT molecular complexity index is 729. The van der Waals surface area contributed by atoms with E-state index in [1.54, 1.807) is 35.2 Å². The van der Waals surface area contributed by atoms with E-state index in [-0.39, 0.29) is 17.4 Å². The molecule has 0 saturated heterocycles. The van der Waals surface area contributed by atoms with Crippen molar-refractivity contribution in [3.63, 3.8) is 0 Å². The second kappa shape index (κ2) is 7.59. The second-order valence-electron chi connectivity index (χ2n) is 5.39. The zero-order chi connectivity index (χ0) is 17.7. The lowest BCUT2D eigenvalue weighted by molar-refractivity contribution is -0.130. The van der Waals surface area contributed by atoms with Gasteiger partial charge in [0.1, 0.15) is 0 Å². The number of hydrogen-bond donors (Lipinski definition) is 2. The van der Waals surface area contributed by atoms with Gasteiger partial charge in [-0.15, -0.1) is 0 Å². The number of methoxy groups -OCH3 is 2. The fourth-order valence-electron chi connectivity index (χ4n) is 2.37. The summed E-state index contributed by atoms with van der Waals surface area (Å²) < 4.78 is 10.1. The molecule has 0 atom stereocenters. The topological polar surface area (TPSA) is 79.2 Å². The first-order valence-corrected chi connectivity index (χ1v) is 7.42. The third-order valence-electron chi connectivity index (χ3n) is 3.68. The highest BCUT2D eigenvalue weighted by atomic mass is 16.5. The molecule has 0 spiro atoms. The van der Waals surface area contributed by atoms with Crippen LogP contribution in [-0.4, -0.2) is 35.2 Å². The summed E-state index contributed by atoms with van der Waals surface area (Å²) in [6.07, 6.45) is 0. The molecule has 6 nitrogen and oxygen atoms in total. The number of carbonyl (C=O) groups is 1. The lowest BCUT2D eigenvalue weighted by atomic mass is 10.1. The fourth-order valence-corrected chi connectivity index (χ4v) is 2.37. The second-order valence-corrected chi connectivity index (χ2v) is 5.39. The molecule has 128 valence electrons. The summed E-state index contributed by atoms with van der Waals surface area (Å²) in [5.74, 6) is 0.729. The Labute approximate surface area is 140 Å². The molecule has 2 aromatic rings. The van der Waals surface area contributed by atoms with Gasteiger partial charge in [-0.05, 0) is 35.4 Å². The summed E-state index contributed by atoms with van der Waals surface area (Å²) in [5.41, 5.74) is 1.62. The van der Waals surface area contributed by atoms with Crippen LogP contribution in [-0.2, 0) is 17.9 Å². The number of ether oxygens (including phenoxy) is 2. The first-order chi connectivity index (χ1) is 11.4. The van der Waals surface area contributed by atoms with Crippen molar-refractivity contribution in [2.45, 2.75) is 20.0 Å². The molecule has 2 aromatic carbocycles. The number of nitrogens with zero attached hydrogens (tertiary/aromatic N) is 1. The minimum Gasteiger partial charge on any atom is -0.504 e. The van der Waals surface area contributed by atoms with Crippen molar-refractivity contribution in [2.75, 3.05) is 14.2 Å². The fraction of sp³-hybridized carbons (Fsp3) is 0.278. The van der Waals surface area contributed by atoms with E-state index in [9.17, 15) is 15.0 Å². The van der Waals surface area contributed by atoms with Gasteiger partial charge in [0.15, 0.2) is 23.0 Å². The van der Waals surface area contributed by atoms with Crippen LogP contribution >= 0.6 is 0 Å². The molecule has 0 unspecified atom stereocenters. The van der Waals surface area contributed by atoms with E-state index in [1.807, 2.05) is 0 Å². The van der Waals surface area contributed by atoms with Gasteiger partial charge in [-0.25, -0.2) is 0 Å². The van der Waals surface area contributed by atoms with Gasteiger partial charge in [-0.2, -0.15) is 0 Å². The average Bonchev–Trinajstić information content (AvgIpc) is 2.56. The molecule has 0 bridgehead atoms. The molecule has 0 saturated carbocycles. The molecule has 0 heterocycles. The minimum absolute atomic E-state index is 0.0322. The van der Waals surface area contributed by atoms with Gasteiger partial charge in [0.05, 0.1) is 14.2 Å². The van der Waals surface area contributed by atoms with E-state index in [0.717, 1.165) is 11.1 Å². The molecule has 24 heavy (non-hydrogen) atoms. The van der Waals surface area contributed by atoms with Gasteiger partial charge < -0.3 is 24.6 Å². The van der Waals surface area contributed by atoms with E-state index in [0.29, 0.717) is 24.6 Å². The molecule has 2 N–H and O–H groups in total. The van der Waals surface area contributed by atoms with E-state index in [4.69, 9.17) is 9.47 Å². The van der Waals surface area contributed by atoms with Crippen molar-refractivity contribution in [3.8, 4) is 23.0 Å². The van der Waals surface area contributed by atoms with Gasteiger partial charge >= 0.3 is 0 Å². The maximum atomic E-state index is 11.9. The average molecular weight is 331 g/mol. The Hall–Kier alpha value is -2.89. The van der Waals surface area contributed by atoms with Crippen LogP contribution in [0.2, 0.25) is 0 Å². The molecule has 6 heteroatoms. The van der Waals surface area contributed by atoms with Gasteiger partial charge in [0.2, 0.25) is 5.91 Å². The molecule has 1 amide bonds. The molecule has 0 aliphatic carbocycles. The smallest absolute Gasteiger partial charge is 0.220 e. The monoisotopic (exact) mass is 331 g/mol. The van der Waals surface area contributed by atoms with Crippen LogP contribution in [0.25, 0.3) is 0 Å². The maximum absolute atomic E-state index is 11.9. The highest BCUT2D eigenvalue weighted by molar-refractivity contribution is 5.73. The van der Waals surface area contributed by atoms with Crippen molar-refractivity contribution in [2.24, 2.45) is 0 Å². The molecular formula is C18H21NO5. The van der Waals surface area contributed by atoms with Crippen LogP contribution < -0.4 is 9.47 Å². The number of phenols is 2. The standard InChI is InChI=1S/C18H21NO5/c1-12(20)19(10-13-5-7-17(23-2)16(22)8-13)11-14-4-6-15(21)18(9-14)24-3/h4-9,21-22H,10-11H2,1-3H3. The molecule has 2 rings (SSSR count). The first-order valence-electron chi connectivity index (χ1n) is 7.42. The normalized spacial score (nSPS) is 10.3. The van der Waals surface area contributed by atoms with Crippen LogP contribution in [0.3, 0.4) is 0 Å². The van der Waals surface area contributed by atoms with Gasteiger partial charge in [0.25, 0.3) is 0 Å². The maximum Gasteiger partial charge on any atom is 0.220 e. The van der Waals surface area contributed by atoms with E-state index < -0.39 is 0 Å². The number of benzene rings is 2. The van der Waals surface area contributed by atoms with Crippen LogP contribution in [0.15, 0.2) is 36.4 Å². The molecule has 0 fully saturated rings. The minimum atomic E-state index is -0.0997. The summed E-state index contributed by atoms with van der Waals surface area (Å²) in [5, 5.41) is 19.5. The Kier molecular flexibility index (Phi) is 5.52. The summed E-state index contributed by atoms with van der Waals surface area (Å²) in [4.78, 5) is 13.6. The summed E-state index contributed by atoms with van der Waals surface area (Å²) in [6.45, 7) is 2.19. The number of aromatic hydroxyl groups is 2. The van der Waals surface area contributed by atoms with Gasteiger partial charge in [0, 0.05) is 20.0 Å². The Morgan fingerprint density at radius 1 is 0.917 bits per heavy atom. The largest absolute Gasteiger partial charge is 0.504 e. The Morgan fingerprint density at radius 2 is 1.50 bits per heavy atom. The summed E-state index contributed by atoms with van der Waals surface area (Å²) in [7, 11) is 2.95. The predicted molar refractivity (Wildman–Crippen MR) is 89.2 cm³/mol. The number of hydrogen-bond acceptors (Lipinski definition) is 5. The highest BCUT2D eigenvalue weighted by Crippen LogP contribution is 2.28. The molecule has 0 radical (unpaired) electrons. The number of carbonyl (C=O) groups excluding carboxylic acids is 1. The number of rotatable bonds is 6. The van der Waals surface area contributed by atoms with E-state index in [2.05, 4.69) is 0 Å². The Morgan fingerprint density at radius 3 is 2.04 bits per heavy atom. The predicted octanol–water partition coefficient (Wildman–Crippen LogP) is 2.66. The van der Waals surface area contributed by atoms with Crippen molar-refractivity contribution in [1.82, 2.24) is 4.90 Å².